The first-order valence-electron chi connectivity index (χ1n) is 4.33. The molecule has 0 atom stereocenters. The molecule has 0 N–H and O–H groups in total. The van der Waals surface area contributed by atoms with Crippen LogP contribution in [0.15, 0.2) is 12.2 Å². The first-order valence-corrected chi connectivity index (χ1v) is 6.16. The van der Waals surface area contributed by atoms with Crippen molar-refractivity contribution < 1.29 is 35.8 Å². The van der Waals surface area contributed by atoms with E-state index in [1.54, 1.807) is 0 Å². The average Bonchev–Trinajstić information content (AvgIpc) is 2.13. The number of hydrogen-bond donors (Lipinski definition) is 0. The summed E-state index contributed by atoms with van der Waals surface area (Å²) in [4.78, 5) is 0. The third kappa shape index (κ3) is 12.7. The number of alkyl halides is 8. The summed E-state index contributed by atoms with van der Waals surface area (Å²) in [5, 5.41) is 0. The number of hydrogen-bond acceptors (Lipinski definition) is 2. The van der Waals surface area contributed by atoms with Crippen LogP contribution >= 0.6 is 31.9 Å². The molecule has 0 aromatic heterocycles. The van der Waals surface area contributed by atoms with Crippen LogP contribution in [0.25, 0.3) is 0 Å². The Morgan fingerprint density at radius 2 is 1.22 bits per heavy atom. The summed E-state index contributed by atoms with van der Waals surface area (Å²) < 4.78 is 79.0. The van der Waals surface area contributed by atoms with Crippen molar-refractivity contribution in [1.29, 1.82) is 0 Å². The zero-order valence-corrected chi connectivity index (χ0v) is 11.7. The topological polar surface area (TPSA) is 18.5 Å². The molecule has 10 heteroatoms. The third-order valence-electron chi connectivity index (χ3n) is 1.24. The molecule has 0 aliphatic carbocycles. The van der Waals surface area contributed by atoms with Gasteiger partial charge in [-0.05, 0) is 6.08 Å². The van der Waals surface area contributed by atoms with Gasteiger partial charge in [0.1, 0.15) is 13.2 Å². The second kappa shape index (κ2) is 7.71. The highest BCUT2D eigenvalue weighted by Gasteiger charge is 2.32. The zero-order valence-electron chi connectivity index (χ0n) is 8.56. The van der Waals surface area contributed by atoms with Crippen LogP contribution in [0.5, 0.6) is 0 Å². The van der Waals surface area contributed by atoms with Gasteiger partial charge in [0.25, 0.3) is 0 Å². The molecule has 2 nitrogen and oxygen atoms in total. The monoisotopic (exact) mass is 408 g/mol. The van der Waals surface area contributed by atoms with Gasteiger partial charge < -0.3 is 9.47 Å². The standard InChI is InChI=1S/C8H8Br2F6O2/c9-5(10)1-2-6(17-3-7(11,12)13)18-4-8(14,15)16/h1-2,5-6H,3-4H2/b2-1+. The summed E-state index contributed by atoms with van der Waals surface area (Å²) in [6.45, 7) is -3.40. The predicted molar refractivity (Wildman–Crippen MR) is 58.6 cm³/mol. The summed E-state index contributed by atoms with van der Waals surface area (Å²) in [6.07, 6.45) is -8.85. The summed E-state index contributed by atoms with van der Waals surface area (Å²) >= 11 is 5.92. The largest absolute Gasteiger partial charge is 0.411 e. The van der Waals surface area contributed by atoms with E-state index in [4.69, 9.17) is 0 Å². The molecule has 0 aliphatic rings. The lowest BCUT2D eigenvalue weighted by atomic mass is 10.5. The number of halogens is 8. The van der Waals surface area contributed by atoms with Crippen LogP contribution in [0, 0.1) is 0 Å². The highest BCUT2D eigenvalue weighted by atomic mass is 79.9. The Bertz CT molecular complexity index is 245. The minimum absolute atomic E-state index is 0.420. The summed E-state index contributed by atoms with van der Waals surface area (Å²) in [7, 11) is 0. The fourth-order valence-electron chi connectivity index (χ4n) is 0.687. The van der Waals surface area contributed by atoms with Crippen LogP contribution in [0.1, 0.15) is 0 Å². The molecular weight excluding hydrogens is 402 g/mol. The van der Waals surface area contributed by atoms with E-state index < -0.39 is 35.6 Å². The molecule has 0 spiro atoms. The van der Waals surface area contributed by atoms with Gasteiger partial charge in [-0.15, -0.1) is 0 Å². The molecule has 0 aromatic carbocycles. The first-order chi connectivity index (χ1) is 7.99. The van der Waals surface area contributed by atoms with E-state index >= 15 is 0 Å². The lowest BCUT2D eigenvalue weighted by Gasteiger charge is -2.17. The van der Waals surface area contributed by atoms with Gasteiger partial charge >= 0.3 is 12.4 Å². The maximum absolute atomic E-state index is 11.8. The molecular formula is C8H8Br2F6O2. The van der Waals surface area contributed by atoms with Crippen molar-refractivity contribution in [2.45, 2.75) is 22.4 Å². The Kier molecular flexibility index (Phi) is 7.79. The second-order valence-electron chi connectivity index (χ2n) is 2.94. The molecule has 0 bridgehead atoms. The van der Waals surface area contributed by atoms with Crippen LogP contribution in [0.2, 0.25) is 0 Å². The van der Waals surface area contributed by atoms with Crippen LogP contribution in [0.3, 0.4) is 0 Å². The SMILES string of the molecule is FC(F)(F)COC(/C=C/C(Br)Br)OCC(F)(F)F. The second-order valence-corrected chi connectivity index (χ2v) is 6.14. The van der Waals surface area contributed by atoms with E-state index in [0.717, 1.165) is 6.08 Å². The molecule has 18 heavy (non-hydrogen) atoms. The zero-order chi connectivity index (χ0) is 14.4. The Hall–Kier alpha value is 0.200. The van der Waals surface area contributed by atoms with Gasteiger partial charge in [0.05, 0.1) is 3.74 Å². The van der Waals surface area contributed by atoms with Gasteiger partial charge in [0.15, 0.2) is 6.29 Å². The van der Waals surface area contributed by atoms with Crippen molar-refractivity contribution in [2.75, 3.05) is 13.2 Å². The van der Waals surface area contributed by atoms with Crippen LogP contribution in [0.4, 0.5) is 26.3 Å². The summed E-state index contributed by atoms with van der Waals surface area (Å²) in [5.41, 5.74) is 0. The first kappa shape index (κ1) is 18.2. The van der Waals surface area contributed by atoms with Gasteiger partial charge in [-0.25, -0.2) is 0 Å². The van der Waals surface area contributed by atoms with Crippen LogP contribution in [-0.2, 0) is 9.47 Å². The summed E-state index contributed by atoms with van der Waals surface area (Å²) in [5.74, 6) is 0. The predicted octanol–water partition coefficient (Wildman–Crippen LogP) is 4.14. The highest BCUT2D eigenvalue weighted by Crippen LogP contribution is 2.20. The molecule has 0 unspecified atom stereocenters. The van der Waals surface area contributed by atoms with E-state index in [2.05, 4.69) is 41.3 Å². The van der Waals surface area contributed by atoms with Gasteiger partial charge in [0, 0.05) is 0 Å². The van der Waals surface area contributed by atoms with E-state index in [1.807, 2.05) is 0 Å². The Balaban J connectivity index is 4.34. The quantitative estimate of drug-likeness (QED) is 0.284. The summed E-state index contributed by atoms with van der Waals surface area (Å²) in [6, 6.07) is 0. The maximum Gasteiger partial charge on any atom is 0.411 e. The average molecular weight is 410 g/mol. The Morgan fingerprint density at radius 1 is 0.833 bits per heavy atom. The van der Waals surface area contributed by atoms with Crippen molar-refractivity contribution in [1.82, 2.24) is 0 Å². The fraction of sp³-hybridized carbons (Fsp3) is 0.750. The molecule has 0 aliphatic heterocycles. The van der Waals surface area contributed by atoms with Crippen molar-refractivity contribution in [2.24, 2.45) is 0 Å². The number of rotatable bonds is 6. The molecule has 0 radical (unpaired) electrons. The normalized spacial score (nSPS) is 14.1. The maximum atomic E-state index is 11.8. The van der Waals surface area contributed by atoms with E-state index in [9.17, 15) is 26.3 Å². The Labute approximate surface area is 116 Å². The van der Waals surface area contributed by atoms with Crippen molar-refractivity contribution in [3.63, 3.8) is 0 Å². The van der Waals surface area contributed by atoms with Crippen molar-refractivity contribution >= 4 is 31.9 Å². The molecule has 0 aromatic rings. The molecule has 108 valence electrons. The van der Waals surface area contributed by atoms with Crippen molar-refractivity contribution in [3.8, 4) is 0 Å². The number of allylic oxidation sites excluding steroid dienone is 1. The molecule has 0 amide bonds. The van der Waals surface area contributed by atoms with E-state index in [-0.39, 0.29) is 0 Å². The highest BCUT2D eigenvalue weighted by molar-refractivity contribution is 9.24. The van der Waals surface area contributed by atoms with Gasteiger partial charge in [-0.3, -0.25) is 0 Å². The van der Waals surface area contributed by atoms with E-state index in [1.165, 1.54) is 6.08 Å². The van der Waals surface area contributed by atoms with Crippen molar-refractivity contribution in [3.05, 3.63) is 12.2 Å². The molecule has 0 rings (SSSR count). The van der Waals surface area contributed by atoms with Crippen LogP contribution in [-0.4, -0.2) is 35.6 Å². The van der Waals surface area contributed by atoms with Gasteiger partial charge in [0.2, 0.25) is 0 Å². The molecule has 0 fully saturated rings. The fourth-order valence-corrected chi connectivity index (χ4v) is 1.04. The lowest BCUT2D eigenvalue weighted by Crippen LogP contribution is -2.28. The molecule has 0 saturated heterocycles. The van der Waals surface area contributed by atoms with Gasteiger partial charge in [-0.2, -0.15) is 26.3 Å². The van der Waals surface area contributed by atoms with Crippen LogP contribution < -0.4 is 0 Å². The molecule has 0 heterocycles. The minimum Gasteiger partial charge on any atom is -0.340 e. The third-order valence-corrected chi connectivity index (χ3v) is 1.85. The van der Waals surface area contributed by atoms with E-state index in [0.29, 0.717) is 0 Å². The minimum atomic E-state index is -4.64. The lowest BCUT2D eigenvalue weighted by molar-refractivity contribution is -0.246. The smallest absolute Gasteiger partial charge is 0.340 e. The number of ether oxygens (including phenoxy) is 2. The Morgan fingerprint density at radius 3 is 1.50 bits per heavy atom. The molecule has 0 saturated carbocycles. The van der Waals surface area contributed by atoms with Gasteiger partial charge in [-0.1, -0.05) is 37.9 Å².